The molecule has 4 heteroatoms. The molecule has 4 nitrogen and oxygen atoms in total. The Kier molecular flexibility index (Phi) is 17.5. The molecular formula is C37H60NO3+. The van der Waals surface area contributed by atoms with Gasteiger partial charge in [0.1, 0.15) is 12.3 Å². The van der Waals surface area contributed by atoms with Crippen LogP contribution in [0.2, 0.25) is 0 Å². The summed E-state index contributed by atoms with van der Waals surface area (Å²) in [6.45, 7) is 7.18. The molecule has 0 amide bonds. The number of nitrogens with zero attached hydrogens (tertiary/aromatic N) is 1. The molecule has 2 unspecified atom stereocenters. The van der Waals surface area contributed by atoms with Gasteiger partial charge in [-0.15, -0.1) is 0 Å². The van der Waals surface area contributed by atoms with E-state index in [1.807, 2.05) is 37.3 Å². The summed E-state index contributed by atoms with van der Waals surface area (Å²) < 4.78 is 12.6. The molecule has 0 heterocycles. The Bertz CT molecular complexity index is 925. The van der Waals surface area contributed by atoms with Crippen molar-refractivity contribution in [2.45, 2.75) is 142 Å². The standard InChI is InChI=1S/C37H60NO3/c1-6-9-10-11-12-13-14-15-16-17-18-20-24-32-27-29-34(30-28-32)40-36(8-3)41-37(39)35(23-7-2)38(4,5)31-33-25-21-19-22-26-33/h19,21-22,25-30,35-36H,6-18,20,23-24,31H2,1-5H3/q+1. The number of likely N-dealkylation sites (N-methyl/N-ethyl adjacent to an activating group) is 1. The lowest BCUT2D eigenvalue weighted by atomic mass is 10.0. The second-order valence-electron chi connectivity index (χ2n) is 12.4. The highest BCUT2D eigenvalue weighted by Gasteiger charge is 2.37. The highest BCUT2D eigenvalue weighted by Crippen LogP contribution is 2.22. The number of hydrogen-bond donors (Lipinski definition) is 0. The van der Waals surface area contributed by atoms with Gasteiger partial charge in [0.05, 0.1) is 14.1 Å². The molecular weight excluding hydrogens is 506 g/mol. The number of esters is 1. The van der Waals surface area contributed by atoms with Gasteiger partial charge < -0.3 is 14.0 Å². The third-order valence-corrected chi connectivity index (χ3v) is 8.20. The quantitative estimate of drug-likeness (QED) is 0.0581. The zero-order valence-electron chi connectivity index (χ0n) is 27.0. The maximum atomic E-state index is 13.4. The number of ether oxygens (including phenoxy) is 2. The van der Waals surface area contributed by atoms with Crippen molar-refractivity contribution in [3.8, 4) is 5.75 Å². The number of rotatable bonds is 23. The topological polar surface area (TPSA) is 35.5 Å². The van der Waals surface area contributed by atoms with Crippen LogP contribution in [0.1, 0.15) is 128 Å². The van der Waals surface area contributed by atoms with Crippen LogP contribution >= 0.6 is 0 Å². The molecule has 230 valence electrons. The van der Waals surface area contributed by atoms with Crippen molar-refractivity contribution in [3.05, 3.63) is 65.7 Å². The maximum absolute atomic E-state index is 13.4. The lowest BCUT2D eigenvalue weighted by Crippen LogP contribution is -2.53. The van der Waals surface area contributed by atoms with E-state index in [1.165, 1.54) is 88.2 Å². The molecule has 41 heavy (non-hydrogen) atoms. The van der Waals surface area contributed by atoms with Crippen LogP contribution in [0.15, 0.2) is 54.6 Å². The summed E-state index contributed by atoms with van der Waals surface area (Å²) in [6, 6.07) is 18.5. The van der Waals surface area contributed by atoms with Gasteiger partial charge >= 0.3 is 5.97 Å². The molecule has 0 saturated carbocycles. The molecule has 0 fully saturated rings. The van der Waals surface area contributed by atoms with Crippen LogP contribution < -0.4 is 4.74 Å². The predicted molar refractivity (Wildman–Crippen MR) is 173 cm³/mol. The van der Waals surface area contributed by atoms with Crippen molar-refractivity contribution < 1.29 is 18.8 Å². The molecule has 0 aliphatic carbocycles. The fourth-order valence-electron chi connectivity index (χ4n) is 5.65. The second-order valence-corrected chi connectivity index (χ2v) is 12.4. The summed E-state index contributed by atoms with van der Waals surface area (Å²) >= 11 is 0. The summed E-state index contributed by atoms with van der Waals surface area (Å²) in [4.78, 5) is 13.4. The molecule has 0 saturated heterocycles. The molecule has 0 aliphatic heterocycles. The largest absolute Gasteiger partial charge is 0.455 e. The van der Waals surface area contributed by atoms with E-state index >= 15 is 0 Å². The lowest BCUT2D eigenvalue weighted by Gasteiger charge is -2.37. The average Bonchev–Trinajstić information content (AvgIpc) is 2.97. The second kappa shape index (κ2) is 20.5. The van der Waals surface area contributed by atoms with Gasteiger partial charge in [0.25, 0.3) is 0 Å². The van der Waals surface area contributed by atoms with Gasteiger partial charge in [0, 0.05) is 18.4 Å². The van der Waals surface area contributed by atoms with E-state index in [-0.39, 0.29) is 12.0 Å². The van der Waals surface area contributed by atoms with Crippen molar-refractivity contribution in [2.24, 2.45) is 0 Å². The number of hydrogen-bond acceptors (Lipinski definition) is 3. The Morgan fingerprint density at radius 3 is 1.78 bits per heavy atom. The summed E-state index contributed by atoms with van der Waals surface area (Å²) in [5.74, 6) is 0.580. The average molecular weight is 567 g/mol. The fraction of sp³-hybridized carbons (Fsp3) is 0.649. The third-order valence-electron chi connectivity index (χ3n) is 8.20. The SMILES string of the molecule is CCCCCCCCCCCCCCc1ccc(OC(CC)OC(=O)C(CCC)[N+](C)(C)Cc2ccccc2)cc1. The number of quaternary nitrogens is 1. The summed E-state index contributed by atoms with van der Waals surface area (Å²) in [5.41, 5.74) is 2.57. The van der Waals surface area contributed by atoms with Gasteiger partial charge in [0.2, 0.25) is 6.29 Å². The van der Waals surface area contributed by atoms with Crippen LogP contribution in [-0.4, -0.2) is 36.9 Å². The Balaban J connectivity index is 1.72. The minimum atomic E-state index is -0.583. The summed E-state index contributed by atoms with van der Waals surface area (Å²) in [5, 5.41) is 0. The van der Waals surface area contributed by atoms with E-state index in [9.17, 15) is 4.79 Å². The molecule has 0 N–H and O–H groups in total. The molecule has 2 rings (SSSR count). The minimum Gasteiger partial charge on any atom is -0.455 e. The van der Waals surface area contributed by atoms with E-state index in [0.29, 0.717) is 10.9 Å². The smallest absolute Gasteiger partial charge is 0.368 e. The highest BCUT2D eigenvalue weighted by atomic mass is 16.7. The van der Waals surface area contributed by atoms with E-state index in [0.717, 1.165) is 31.6 Å². The zero-order chi connectivity index (χ0) is 29.8. The van der Waals surface area contributed by atoms with Crippen molar-refractivity contribution in [3.63, 3.8) is 0 Å². The fourth-order valence-corrected chi connectivity index (χ4v) is 5.65. The van der Waals surface area contributed by atoms with Crippen LogP contribution in [0.5, 0.6) is 5.75 Å². The minimum absolute atomic E-state index is 0.178. The number of aryl methyl sites for hydroxylation is 1. The molecule has 0 aliphatic rings. The molecule has 0 aromatic heterocycles. The van der Waals surface area contributed by atoms with Gasteiger partial charge in [-0.2, -0.15) is 0 Å². The summed E-state index contributed by atoms with van der Waals surface area (Å²) in [7, 11) is 4.23. The van der Waals surface area contributed by atoms with Crippen molar-refractivity contribution in [2.75, 3.05) is 14.1 Å². The number of benzene rings is 2. The summed E-state index contributed by atoms with van der Waals surface area (Å²) in [6.07, 6.45) is 19.3. The highest BCUT2D eigenvalue weighted by molar-refractivity contribution is 5.74. The van der Waals surface area contributed by atoms with Crippen molar-refractivity contribution >= 4 is 5.97 Å². The first-order valence-electron chi connectivity index (χ1n) is 16.7. The maximum Gasteiger partial charge on any atom is 0.368 e. The Labute approximate surface area is 252 Å². The van der Waals surface area contributed by atoms with Gasteiger partial charge in [0.15, 0.2) is 6.04 Å². The number of carbonyl (C=O) groups is 1. The van der Waals surface area contributed by atoms with Crippen LogP contribution in [0.3, 0.4) is 0 Å². The van der Waals surface area contributed by atoms with E-state index < -0.39 is 6.29 Å². The third kappa shape index (κ3) is 14.4. The van der Waals surface area contributed by atoms with E-state index in [4.69, 9.17) is 9.47 Å². The monoisotopic (exact) mass is 566 g/mol. The van der Waals surface area contributed by atoms with Gasteiger partial charge in [-0.25, -0.2) is 4.79 Å². The Hall–Kier alpha value is -2.33. The number of carbonyl (C=O) groups excluding carboxylic acids is 1. The van der Waals surface area contributed by atoms with E-state index in [2.05, 4.69) is 52.2 Å². The molecule has 0 radical (unpaired) electrons. The zero-order valence-corrected chi connectivity index (χ0v) is 27.0. The van der Waals surface area contributed by atoms with Gasteiger partial charge in [-0.05, 0) is 37.0 Å². The van der Waals surface area contributed by atoms with Crippen LogP contribution in [-0.2, 0) is 22.5 Å². The van der Waals surface area contributed by atoms with Crippen LogP contribution in [0, 0.1) is 0 Å². The molecule has 2 aromatic rings. The number of unbranched alkanes of at least 4 members (excludes halogenated alkanes) is 11. The van der Waals surface area contributed by atoms with Crippen molar-refractivity contribution in [1.82, 2.24) is 0 Å². The van der Waals surface area contributed by atoms with Gasteiger partial charge in [-0.1, -0.05) is 134 Å². The molecule has 2 aromatic carbocycles. The van der Waals surface area contributed by atoms with E-state index in [1.54, 1.807) is 0 Å². The Morgan fingerprint density at radius 2 is 1.24 bits per heavy atom. The van der Waals surface area contributed by atoms with Crippen LogP contribution in [0.4, 0.5) is 0 Å². The van der Waals surface area contributed by atoms with Gasteiger partial charge in [-0.3, -0.25) is 0 Å². The Morgan fingerprint density at radius 1 is 0.683 bits per heavy atom. The normalized spacial score (nSPS) is 13.1. The predicted octanol–water partition coefficient (Wildman–Crippen LogP) is 10.0. The van der Waals surface area contributed by atoms with Crippen LogP contribution in [0.25, 0.3) is 0 Å². The molecule has 0 spiro atoms. The first-order valence-corrected chi connectivity index (χ1v) is 16.7. The first-order chi connectivity index (χ1) is 19.9. The molecule has 0 bridgehead atoms. The lowest BCUT2D eigenvalue weighted by molar-refractivity contribution is -0.920. The first kappa shape index (κ1) is 34.9. The molecule has 2 atom stereocenters. The van der Waals surface area contributed by atoms with Crippen molar-refractivity contribution in [1.29, 1.82) is 0 Å².